The molecule has 3 rings (SSSR count). The minimum Gasteiger partial charge on any atom is -0.382 e. The summed E-state index contributed by atoms with van der Waals surface area (Å²) in [5, 5.41) is 4.49. The molecule has 110 valence electrons. The van der Waals surface area contributed by atoms with Crippen molar-refractivity contribution in [2.24, 2.45) is 16.7 Å². The Balaban J connectivity index is 1.93. The number of nitrogen functional groups attached to an aromatic ring is 1. The van der Waals surface area contributed by atoms with E-state index in [-0.39, 0.29) is 5.41 Å². The van der Waals surface area contributed by atoms with Crippen LogP contribution in [0.15, 0.2) is 6.07 Å². The van der Waals surface area contributed by atoms with Gasteiger partial charge >= 0.3 is 0 Å². The van der Waals surface area contributed by atoms with Crippen molar-refractivity contribution in [3.63, 3.8) is 0 Å². The second-order valence-corrected chi connectivity index (χ2v) is 7.99. The third kappa shape index (κ3) is 1.98. The molecule has 0 saturated heterocycles. The number of nitrogens with zero attached hydrogens (tertiary/aromatic N) is 1. The van der Waals surface area contributed by atoms with Crippen LogP contribution < -0.4 is 11.1 Å². The Kier molecular flexibility index (Phi) is 3.15. The number of halogens is 2. The first-order valence-electron chi connectivity index (χ1n) is 7.12. The number of rotatable bonds is 2. The molecule has 0 amide bonds. The highest BCUT2D eigenvalue weighted by Gasteiger charge is 2.59. The van der Waals surface area contributed by atoms with Crippen LogP contribution in [0.25, 0.3) is 0 Å². The van der Waals surface area contributed by atoms with E-state index < -0.39 is 0 Å². The van der Waals surface area contributed by atoms with Crippen molar-refractivity contribution in [2.45, 2.75) is 46.1 Å². The minimum absolute atomic E-state index is 0.242. The average Bonchev–Trinajstić information content (AvgIpc) is 2.82. The second kappa shape index (κ2) is 4.41. The number of nitrogens with one attached hydrogen (secondary N) is 1. The predicted molar refractivity (Wildman–Crippen MR) is 85.3 cm³/mol. The largest absolute Gasteiger partial charge is 0.382 e. The van der Waals surface area contributed by atoms with Crippen molar-refractivity contribution < 1.29 is 0 Å². The van der Waals surface area contributed by atoms with Crippen LogP contribution in [0, 0.1) is 16.7 Å². The first kappa shape index (κ1) is 14.3. The van der Waals surface area contributed by atoms with E-state index in [4.69, 9.17) is 28.9 Å². The van der Waals surface area contributed by atoms with Crippen molar-refractivity contribution in [2.75, 3.05) is 11.1 Å². The number of aromatic nitrogens is 1. The van der Waals surface area contributed by atoms with Gasteiger partial charge in [-0.25, -0.2) is 4.98 Å². The molecule has 0 aromatic carbocycles. The molecule has 2 aliphatic rings. The molecule has 20 heavy (non-hydrogen) atoms. The number of hydrogen-bond donors (Lipinski definition) is 2. The summed E-state index contributed by atoms with van der Waals surface area (Å²) in [7, 11) is 0. The monoisotopic (exact) mass is 313 g/mol. The highest BCUT2D eigenvalue weighted by atomic mass is 35.5. The Bertz CT molecular complexity index is 554. The van der Waals surface area contributed by atoms with Gasteiger partial charge in [-0.2, -0.15) is 0 Å². The first-order valence-corrected chi connectivity index (χ1v) is 7.88. The summed E-state index contributed by atoms with van der Waals surface area (Å²) in [5.41, 5.74) is 6.35. The molecule has 2 bridgehead atoms. The Labute approximate surface area is 130 Å². The molecule has 0 aliphatic heterocycles. The number of anilines is 2. The smallest absolute Gasteiger partial charge is 0.147 e. The molecular formula is C15H21Cl2N3. The van der Waals surface area contributed by atoms with Crippen LogP contribution in [0.4, 0.5) is 11.6 Å². The van der Waals surface area contributed by atoms with Crippen molar-refractivity contribution in [3.8, 4) is 0 Å². The van der Waals surface area contributed by atoms with Crippen molar-refractivity contribution in [1.82, 2.24) is 4.98 Å². The molecule has 3 nitrogen and oxygen atoms in total. The zero-order chi connectivity index (χ0) is 14.7. The Morgan fingerprint density at radius 2 is 2.00 bits per heavy atom. The maximum atomic E-state index is 6.26. The maximum Gasteiger partial charge on any atom is 0.147 e. The molecule has 1 heterocycles. The number of pyridine rings is 1. The van der Waals surface area contributed by atoms with Gasteiger partial charge in [-0.3, -0.25) is 0 Å². The average molecular weight is 314 g/mol. The molecule has 3 N–H and O–H groups in total. The molecule has 3 unspecified atom stereocenters. The fraction of sp³-hybridized carbons (Fsp3) is 0.667. The zero-order valence-corrected chi connectivity index (χ0v) is 13.6. The summed E-state index contributed by atoms with van der Waals surface area (Å²) in [4.78, 5) is 4.32. The van der Waals surface area contributed by atoms with Gasteiger partial charge in [0.2, 0.25) is 0 Å². The molecule has 1 aromatic rings. The lowest BCUT2D eigenvalue weighted by Crippen LogP contribution is -2.46. The van der Waals surface area contributed by atoms with Gasteiger partial charge in [-0.05, 0) is 42.1 Å². The topological polar surface area (TPSA) is 50.9 Å². The molecule has 2 aliphatic carbocycles. The van der Waals surface area contributed by atoms with E-state index in [1.54, 1.807) is 6.07 Å². The summed E-state index contributed by atoms with van der Waals surface area (Å²) >= 11 is 12.2. The summed E-state index contributed by atoms with van der Waals surface area (Å²) in [5.74, 6) is 1.75. The van der Waals surface area contributed by atoms with E-state index in [9.17, 15) is 0 Å². The zero-order valence-electron chi connectivity index (χ0n) is 12.1. The van der Waals surface area contributed by atoms with E-state index in [0.717, 1.165) is 5.92 Å². The highest BCUT2D eigenvalue weighted by Crippen LogP contribution is 2.63. The molecule has 2 fully saturated rings. The molecule has 0 spiro atoms. The molecule has 5 heteroatoms. The van der Waals surface area contributed by atoms with Crippen LogP contribution in [0.2, 0.25) is 10.0 Å². The lowest BCUT2D eigenvalue weighted by atomic mass is 9.68. The van der Waals surface area contributed by atoms with Crippen LogP contribution in [0.3, 0.4) is 0 Å². The fourth-order valence-electron chi connectivity index (χ4n) is 4.38. The SMILES string of the molecule is CC12CCC(C1)C(C)(C)C2Nc1nc(N)c(Cl)cc1Cl. The van der Waals surface area contributed by atoms with Crippen molar-refractivity contribution >= 4 is 34.8 Å². The van der Waals surface area contributed by atoms with Gasteiger partial charge in [0.1, 0.15) is 11.6 Å². The Morgan fingerprint density at radius 1 is 1.30 bits per heavy atom. The van der Waals surface area contributed by atoms with Crippen molar-refractivity contribution in [3.05, 3.63) is 16.1 Å². The van der Waals surface area contributed by atoms with E-state index in [1.165, 1.54) is 19.3 Å². The van der Waals surface area contributed by atoms with E-state index in [2.05, 4.69) is 31.1 Å². The fourth-order valence-corrected chi connectivity index (χ4v) is 4.79. The minimum atomic E-state index is 0.242. The standard InChI is InChI=1S/C15H21Cl2N3/c1-14(2)8-4-5-15(3,7-8)13(14)20-12-10(17)6-9(16)11(18)19-12/h6,8,13H,4-5,7H2,1-3H3,(H3,18,19,20). The summed E-state index contributed by atoms with van der Waals surface area (Å²) < 4.78 is 0. The van der Waals surface area contributed by atoms with Gasteiger partial charge in [0.25, 0.3) is 0 Å². The Hall–Kier alpha value is -0.670. The lowest BCUT2D eigenvalue weighted by molar-refractivity contribution is 0.155. The number of nitrogens with two attached hydrogens (primary N) is 1. The number of fused-ring (bicyclic) bond motifs is 2. The lowest BCUT2D eigenvalue weighted by Gasteiger charge is -2.43. The summed E-state index contributed by atoms with van der Waals surface area (Å²) in [6.45, 7) is 7.05. The van der Waals surface area contributed by atoms with E-state index >= 15 is 0 Å². The second-order valence-electron chi connectivity index (χ2n) is 7.18. The molecule has 2 saturated carbocycles. The van der Waals surface area contributed by atoms with Gasteiger partial charge < -0.3 is 11.1 Å². The van der Waals surface area contributed by atoms with Gasteiger partial charge in [-0.1, -0.05) is 44.0 Å². The molecule has 3 atom stereocenters. The van der Waals surface area contributed by atoms with E-state index in [1.807, 2.05) is 0 Å². The van der Waals surface area contributed by atoms with Crippen LogP contribution in [-0.4, -0.2) is 11.0 Å². The third-order valence-electron chi connectivity index (χ3n) is 5.51. The Morgan fingerprint density at radius 3 is 2.60 bits per heavy atom. The molecule has 1 aromatic heterocycles. The third-order valence-corrected chi connectivity index (χ3v) is 6.10. The van der Waals surface area contributed by atoms with Gasteiger partial charge in [0, 0.05) is 6.04 Å². The predicted octanol–water partition coefficient (Wildman–Crippen LogP) is 4.60. The maximum absolute atomic E-state index is 6.26. The van der Waals surface area contributed by atoms with Gasteiger partial charge in [0.05, 0.1) is 10.0 Å². The molecule has 0 radical (unpaired) electrons. The summed E-state index contributed by atoms with van der Waals surface area (Å²) in [6, 6.07) is 2.02. The highest BCUT2D eigenvalue weighted by molar-refractivity contribution is 6.37. The first-order chi connectivity index (χ1) is 9.24. The van der Waals surface area contributed by atoms with Crippen molar-refractivity contribution in [1.29, 1.82) is 0 Å². The van der Waals surface area contributed by atoms with Crippen LogP contribution in [-0.2, 0) is 0 Å². The normalized spacial score (nSPS) is 34.5. The van der Waals surface area contributed by atoms with E-state index in [0.29, 0.717) is 33.1 Å². The van der Waals surface area contributed by atoms with Gasteiger partial charge in [0.15, 0.2) is 0 Å². The van der Waals surface area contributed by atoms with Crippen LogP contribution in [0.1, 0.15) is 40.0 Å². The quantitative estimate of drug-likeness (QED) is 0.839. The number of hydrogen-bond acceptors (Lipinski definition) is 3. The van der Waals surface area contributed by atoms with Crippen LogP contribution >= 0.6 is 23.2 Å². The molecular weight excluding hydrogens is 293 g/mol. The van der Waals surface area contributed by atoms with Crippen LogP contribution in [0.5, 0.6) is 0 Å². The summed E-state index contributed by atoms with van der Waals surface area (Å²) in [6.07, 6.45) is 3.86. The van der Waals surface area contributed by atoms with Gasteiger partial charge in [-0.15, -0.1) is 0 Å².